The predicted octanol–water partition coefficient (Wildman–Crippen LogP) is 2.86. The summed E-state index contributed by atoms with van der Waals surface area (Å²) in [5.74, 6) is 0.544. The van der Waals surface area contributed by atoms with E-state index in [0.29, 0.717) is 18.2 Å². The van der Waals surface area contributed by atoms with E-state index in [4.69, 9.17) is 18.0 Å². The Kier molecular flexibility index (Phi) is 4.26. The highest BCUT2D eigenvalue weighted by molar-refractivity contribution is 9.10. The lowest BCUT2D eigenvalue weighted by Gasteiger charge is -2.06. The molecule has 7 heteroatoms. The van der Waals surface area contributed by atoms with Gasteiger partial charge in [-0.05, 0) is 35.0 Å². The molecule has 2 aromatic heterocycles. The molecule has 94 valence electrons. The Bertz CT molecular complexity index is 582. The number of nitrogens with one attached hydrogen (secondary N) is 1. The van der Waals surface area contributed by atoms with Crippen LogP contribution in [0.25, 0.3) is 0 Å². The molecule has 0 bridgehead atoms. The molecule has 0 spiro atoms. The van der Waals surface area contributed by atoms with E-state index >= 15 is 0 Å². The summed E-state index contributed by atoms with van der Waals surface area (Å²) in [5.41, 5.74) is 7.00. The maximum atomic E-state index is 5.57. The second-order valence-corrected chi connectivity index (χ2v) is 6.02. The fourth-order valence-electron chi connectivity index (χ4n) is 1.39. The third-order valence-corrected chi connectivity index (χ3v) is 4.06. The van der Waals surface area contributed by atoms with E-state index in [2.05, 4.69) is 37.3 Å². The topological polar surface area (TPSA) is 63.8 Å². The first-order valence-corrected chi connectivity index (χ1v) is 7.25. The van der Waals surface area contributed by atoms with Gasteiger partial charge in [-0.15, -0.1) is 11.3 Å². The smallest absolute Gasteiger partial charge is 0.223 e. The van der Waals surface area contributed by atoms with Crippen molar-refractivity contribution in [3.63, 3.8) is 0 Å². The molecule has 0 radical (unpaired) electrons. The first-order chi connectivity index (χ1) is 8.54. The standard InChI is InChI=1S/C11H11BrN4S2/c1-6-2-9(10(13)17)16-11(15-6)14-4-8-3-7(12)5-18-8/h2-3,5H,4H2,1H3,(H2,13,17)(H,14,15,16). The minimum atomic E-state index is 0.280. The van der Waals surface area contributed by atoms with E-state index in [1.807, 2.05) is 12.3 Å². The molecule has 0 fully saturated rings. The largest absolute Gasteiger partial charge is 0.388 e. The molecule has 0 aliphatic rings. The third-order valence-electron chi connectivity index (χ3n) is 2.15. The highest BCUT2D eigenvalue weighted by atomic mass is 79.9. The molecule has 2 heterocycles. The number of nitrogens with zero attached hydrogens (tertiary/aromatic N) is 2. The summed E-state index contributed by atoms with van der Waals surface area (Å²) in [6, 6.07) is 3.83. The monoisotopic (exact) mass is 342 g/mol. The summed E-state index contributed by atoms with van der Waals surface area (Å²) < 4.78 is 1.08. The van der Waals surface area contributed by atoms with Crippen molar-refractivity contribution in [2.45, 2.75) is 13.5 Å². The van der Waals surface area contributed by atoms with Gasteiger partial charge in [0.2, 0.25) is 5.95 Å². The number of anilines is 1. The molecule has 0 saturated heterocycles. The van der Waals surface area contributed by atoms with Crippen molar-refractivity contribution < 1.29 is 0 Å². The molecule has 0 saturated carbocycles. The van der Waals surface area contributed by atoms with Gasteiger partial charge in [0.05, 0.1) is 6.54 Å². The fraction of sp³-hybridized carbons (Fsp3) is 0.182. The van der Waals surface area contributed by atoms with Gasteiger partial charge < -0.3 is 11.1 Å². The molecule has 0 amide bonds. The van der Waals surface area contributed by atoms with E-state index in [1.54, 1.807) is 17.4 Å². The minimum absolute atomic E-state index is 0.280. The summed E-state index contributed by atoms with van der Waals surface area (Å²) in [6.07, 6.45) is 0. The van der Waals surface area contributed by atoms with Gasteiger partial charge >= 0.3 is 0 Å². The highest BCUT2D eigenvalue weighted by Gasteiger charge is 2.05. The Morgan fingerprint density at radius 3 is 2.89 bits per heavy atom. The van der Waals surface area contributed by atoms with Crippen molar-refractivity contribution in [1.29, 1.82) is 0 Å². The summed E-state index contributed by atoms with van der Waals surface area (Å²) in [7, 11) is 0. The molecule has 3 N–H and O–H groups in total. The molecule has 0 aliphatic carbocycles. The Hall–Kier alpha value is -1.05. The second kappa shape index (κ2) is 5.73. The number of hydrogen-bond acceptors (Lipinski definition) is 5. The number of nitrogens with two attached hydrogens (primary N) is 1. The average Bonchev–Trinajstić information content (AvgIpc) is 2.72. The van der Waals surface area contributed by atoms with Gasteiger partial charge in [0.1, 0.15) is 10.7 Å². The van der Waals surface area contributed by atoms with Crippen LogP contribution in [0.1, 0.15) is 16.3 Å². The SMILES string of the molecule is Cc1cc(C(N)=S)nc(NCc2cc(Br)cs2)n1. The lowest BCUT2D eigenvalue weighted by atomic mass is 10.3. The van der Waals surface area contributed by atoms with Gasteiger partial charge in [-0.1, -0.05) is 12.2 Å². The van der Waals surface area contributed by atoms with Crippen molar-refractivity contribution in [2.24, 2.45) is 5.73 Å². The molecule has 0 aromatic carbocycles. The van der Waals surface area contributed by atoms with Crippen molar-refractivity contribution in [2.75, 3.05) is 5.32 Å². The van der Waals surface area contributed by atoms with Gasteiger partial charge in [0.25, 0.3) is 0 Å². The van der Waals surface area contributed by atoms with E-state index < -0.39 is 0 Å². The third kappa shape index (κ3) is 3.47. The zero-order chi connectivity index (χ0) is 13.1. The van der Waals surface area contributed by atoms with Gasteiger partial charge in [-0.25, -0.2) is 9.97 Å². The van der Waals surface area contributed by atoms with E-state index in [-0.39, 0.29) is 4.99 Å². The van der Waals surface area contributed by atoms with E-state index in [9.17, 15) is 0 Å². The molecule has 0 unspecified atom stereocenters. The maximum Gasteiger partial charge on any atom is 0.223 e. The lowest BCUT2D eigenvalue weighted by Crippen LogP contribution is -2.14. The summed E-state index contributed by atoms with van der Waals surface area (Å²) >= 11 is 10.0. The quantitative estimate of drug-likeness (QED) is 0.836. The number of hydrogen-bond donors (Lipinski definition) is 2. The summed E-state index contributed by atoms with van der Waals surface area (Å²) in [4.78, 5) is 10.0. The zero-order valence-electron chi connectivity index (χ0n) is 9.61. The molecular formula is C11H11BrN4S2. The minimum Gasteiger partial charge on any atom is -0.388 e. The molecule has 0 aliphatic heterocycles. The van der Waals surface area contributed by atoms with E-state index in [1.165, 1.54) is 4.88 Å². The predicted molar refractivity (Wildman–Crippen MR) is 82.0 cm³/mol. The zero-order valence-corrected chi connectivity index (χ0v) is 12.8. The molecule has 0 atom stereocenters. The molecular weight excluding hydrogens is 332 g/mol. The van der Waals surface area contributed by atoms with Crippen molar-refractivity contribution in [3.05, 3.63) is 38.3 Å². The van der Waals surface area contributed by atoms with Gasteiger partial charge in [0.15, 0.2) is 0 Å². The first kappa shape index (κ1) is 13.4. The highest BCUT2D eigenvalue weighted by Crippen LogP contribution is 2.20. The molecule has 18 heavy (non-hydrogen) atoms. The number of aryl methyl sites for hydroxylation is 1. The van der Waals surface area contributed by atoms with Gasteiger partial charge in [-0.2, -0.15) is 0 Å². The Balaban J connectivity index is 2.11. The Morgan fingerprint density at radius 1 is 1.50 bits per heavy atom. The van der Waals surface area contributed by atoms with Crippen LogP contribution in [0.3, 0.4) is 0 Å². The maximum absolute atomic E-state index is 5.57. The number of thiophene rings is 1. The van der Waals surface area contributed by atoms with Crippen molar-refractivity contribution >= 4 is 50.4 Å². The van der Waals surface area contributed by atoms with Gasteiger partial charge in [-0.3, -0.25) is 0 Å². The van der Waals surface area contributed by atoms with Crippen LogP contribution in [-0.2, 0) is 6.54 Å². The van der Waals surface area contributed by atoms with Crippen LogP contribution in [0, 0.1) is 6.92 Å². The van der Waals surface area contributed by atoms with Crippen LogP contribution < -0.4 is 11.1 Å². The molecule has 2 aromatic rings. The van der Waals surface area contributed by atoms with Gasteiger partial charge in [0, 0.05) is 20.4 Å². The fourth-order valence-corrected chi connectivity index (χ4v) is 2.88. The summed E-state index contributed by atoms with van der Waals surface area (Å²) in [6.45, 7) is 2.56. The average molecular weight is 343 g/mol. The normalized spacial score (nSPS) is 10.3. The van der Waals surface area contributed by atoms with Crippen LogP contribution in [0.4, 0.5) is 5.95 Å². The Morgan fingerprint density at radius 2 is 2.28 bits per heavy atom. The van der Waals surface area contributed by atoms with E-state index in [0.717, 1.165) is 10.2 Å². The van der Waals surface area contributed by atoms with Crippen LogP contribution in [0.15, 0.2) is 22.0 Å². The lowest BCUT2D eigenvalue weighted by molar-refractivity contribution is 1.03. The molecule has 2 rings (SSSR count). The number of aromatic nitrogens is 2. The summed E-state index contributed by atoms with van der Waals surface area (Å²) in [5, 5.41) is 5.20. The van der Waals surface area contributed by atoms with Crippen molar-refractivity contribution in [1.82, 2.24) is 9.97 Å². The Labute approximate surface area is 123 Å². The first-order valence-electron chi connectivity index (χ1n) is 5.17. The number of halogens is 1. The van der Waals surface area contributed by atoms with Crippen LogP contribution in [-0.4, -0.2) is 15.0 Å². The van der Waals surface area contributed by atoms with Crippen LogP contribution in [0.2, 0.25) is 0 Å². The number of thiocarbonyl (C=S) groups is 1. The van der Waals surface area contributed by atoms with Crippen LogP contribution >= 0.6 is 39.5 Å². The number of rotatable bonds is 4. The molecule has 4 nitrogen and oxygen atoms in total. The second-order valence-electron chi connectivity index (χ2n) is 3.67. The van der Waals surface area contributed by atoms with Crippen molar-refractivity contribution in [3.8, 4) is 0 Å². The van der Waals surface area contributed by atoms with Crippen LogP contribution in [0.5, 0.6) is 0 Å².